The maximum absolute atomic E-state index is 15.2. The summed E-state index contributed by atoms with van der Waals surface area (Å²) in [7, 11) is 0. The van der Waals surface area contributed by atoms with Crippen LogP contribution in [0.2, 0.25) is 0 Å². The van der Waals surface area contributed by atoms with Gasteiger partial charge < -0.3 is 10.5 Å². The molecule has 0 heterocycles. The quantitative estimate of drug-likeness (QED) is 0.0963. The van der Waals surface area contributed by atoms with Gasteiger partial charge in [-0.15, -0.1) is 0 Å². The molecule has 0 aliphatic heterocycles. The van der Waals surface area contributed by atoms with Crippen LogP contribution in [-0.2, 0) is 10.5 Å². The van der Waals surface area contributed by atoms with Crippen molar-refractivity contribution in [2.45, 2.75) is 30.1 Å². The number of hydrogen-bond donors (Lipinski definition) is 1. The SMILES string of the molecule is CC(c1ccccc1)(c1ccccc1)N(CCCOc1cccc(N)c1)C(Cl)(c1ccccc1)C(F)(F)F. The molecule has 0 aliphatic rings. The maximum Gasteiger partial charge on any atom is 0.425 e. The van der Waals surface area contributed by atoms with Gasteiger partial charge in [0.15, 0.2) is 0 Å². The van der Waals surface area contributed by atoms with Crippen molar-refractivity contribution in [3.8, 4) is 5.75 Å². The van der Waals surface area contributed by atoms with E-state index in [0.717, 1.165) is 0 Å². The van der Waals surface area contributed by atoms with Crippen LogP contribution in [-0.4, -0.2) is 24.2 Å². The van der Waals surface area contributed by atoms with E-state index in [0.29, 0.717) is 22.6 Å². The third-order valence-electron chi connectivity index (χ3n) is 6.77. The fraction of sp³-hybridized carbons (Fsp3) is 0.226. The lowest BCUT2D eigenvalue weighted by molar-refractivity contribution is -0.220. The average Bonchev–Trinajstić information content (AvgIpc) is 2.93. The third-order valence-corrected chi connectivity index (χ3v) is 7.40. The summed E-state index contributed by atoms with van der Waals surface area (Å²) in [5, 5.41) is 0. The molecule has 4 aromatic carbocycles. The summed E-state index contributed by atoms with van der Waals surface area (Å²) in [6.45, 7) is 1.96. The zero-order valence-corrected chi connectivity index (χ0v) is 21.8. The highest BCUT2D eigenvalue weighted by atomic mass is 35.5. The van der Waals surface area contributed by atoms with E-state index < -0.39 is 16.7 Å². The highest BCUT2D eigenvalue weighted by molar-refractivity contribution is 6.24. The first kappa shape index (κ1) is 27.6. The minimum absolute atomic E-state index is 0.0134. The lowest BCUT2D eigenvalue weighted by atomic mass is 9.80. The van der Waals surface area contributed by atoms with E-state index >= 15 is 13.2 Å². The van der Waals surface area contributed by atoms with E-state index in [-0.39, 0.29) is 25.1 Å². The molecule has 1 unspecified atom stereocenters. The number of benzene rings is 4. The number of nitrogens with zero attached hydrogens (tertiary/aromatic N) is 1. The van der Waals surface area contributed by atoms with Gasteiger partial charge >= 0.3 is 6.18 Å². The van der Waals surface area contributed by atoms with Crippen molar-refractivity contribution >= 4 is 17.3 Å². The fourth-order valence-corrected chi connectivity index (χ4v) is 5.22. The van der Waals surface area contributed by atoms with Gasteiger partial charge in [-0.25, -0.2) is 0 Å². The Bertz CT molecular complexity index is 1260. The molecule has 0 saturated carbocycles. The van der Waals surface area contributed by atoms with E-state index in [1.165, 1.54) is 17.0 Å². The summed E-state index contributed by atoms with van der Waals surface area (Å²) in [5.41, 5.74) is 6.46. The Balaban J connectivity index is 1.83. The predicted molar refractivity (Wildman–Crippen MR) is 147 cm³/mol. The van der Waals surface area contributed by atoms with Gasteiger partial charge in [0.05, 0.1) is 12.1 Å². The normalized spacial score (nSPS) is 13.7. The number of anilines is 1. The predicted octanol–water partition coefficient (Wildman–Crippen LogP) is 7.96. The van der Waals surface area contributed by atoms with Crippen molar-refractivity contribution in [1.82, 2.24) is 4.90 Å². The van der Waals surface area contributed by atoms with Crippen LogP contribution in [0.5, 0.6) is 5.75 Å². The van der Waals surface area contributed by atoms with Crippen molar-refractivity contribution in [2.75, 3.05) is 18.9 Å². The topological polar surface area (TPSA) is 38.5 Å². The zero-order chi connectivity index (χ0) is 27.2. The molecule has 0 spiro atoms. The Morgan fingerprint density at radius 3 is 1.71 bits per heavy atom. The molecule has 0 fully saturated rings. The minimum Gasteiger partial charge on any atom is -0.493 e. The molecule has 0 aliphatic carbocycles. The summed E-state index contributed by atoms with van der Waals surface area (Å²) in [6, 6.07) is 32.9. The number of ether oxygens (including phenoxy) is 1. The number of alkyl halides is 4. The molecule has 0 radical (unpaired) electrons. The Hall–Kier alpha value is -3.48. The van der Waals surface area contributed by atoms with Gasteiger partial charge in [0.25, 0.3) is 0 Å². The molecule has 198 valence electrons. The molecule has 4 aromatic rings. The van der Waals surface area contributed by atoms with E-state index in [2.05, 4.69) is 0 Å². The molecule has 1 atom stereocenters. The van der Waals surface area contributed by atoms with E-state index in [1.807, 2.05) is 60.7 Å². The summed E-state index contributed by atoms with van der Waals surface area (Å²) >= 11 is 6.85. The number of rotatable bonds is 10. The smallest absolute Gasteiger partial charge is 0.425 e. The van der Waals surface area contributed by atoms with Crippen LogP contribution in [0.15, 0.2) is 115 Å². The molecule has 0 bridgehead atoms. The standard InChI is InChI=1S/C31H30ClF3N2O/c1-29(24-13-5-2-6-14-24,25-15-7-3-8-16-25)37(21-12-22-38-28-20-11-19-27(36)23-28)30(32,31(33,34)35)26-17-9-4-10-18-26/h2-11,13-20,23H,12,21-22,36H2,1H3. The Morgan fingerprint density at radius 2 is 1.24 bits per heavy atom. The first-order valence-corrected chi connectivity index (χ1v) is 12.7. The fourth-order valence-electron chi connectivity index (χ4n) is 4.84. The highest BCUT2D eigenvalue weighted by Gasteiger charge is 2.62. The molecule has 0 saturated heterocycles. The van der Waals surface area contributed by atoms with Gasteiger partial charge in [-0.3, -0.25) is 4.90 Å². The molecule has 7 heteroatoms. The van der Waals surface area contributed by atoms with Crippen LogP contribution in [0.4, 0.5) is 18.9 Å². The number of nitrogen functional groups attached to an aromatic ring is 1. The van der Waals surface area contributed by atoms with Crippen molar-refractivity contribution in [2.24, 2.45) is 0 Å². The van der Waals surface area contributed by atoms with E-state index in [4.69, 9.17) is 22.1 Å². The summed E-state index contributed by atoms with van der Waals surface area (Å²) in [4.78, 5) is -1.48. The van der Waals surface area contributed by atoms with Crippen molar-refractivity contribution < 1.29 is 17.9 Å². The largest absolute Gasteiger partial charge is 0.493 e. The summed E-state index contributed by atoms with van der Waals surface area (Å²) < 4.78 is 51.4. The van der Waals surface area contributed by atoms with E-state index in [1.54, 1.807) is 49.4 Å². The lowest BCUT2D eigenvalue weighted by Gasteiger charge is -2.51. The van der Waals surface area contributed by atoms with Crippen molar-refractivity contribution in [3.63, 3.8) is 0 Å². The molecular formula is C31H30ClF3N2O. The van der Waals surface area contributed by atoms with Crippen LogP contribution in [0.3, 0.4) is 0 Å². The maximum atomic E-state index is 15.2. The molecule has 0 aromatic heterocycles. The summed E-state index contributed by atoms with van der Waals surface area (Å²) in [6.07, 6.45) is -4.53. The van der Waals surface area contributed by atoms with Gasteiger partial charge in [-0.2, -0.15) is 13.2 Å². The number of nitrogens with two attached hydrogens (primary N) is 1. The van der Waals surface area contributed by atoms with Gasteiger partial charge in [0.2, 0.25) is 5.00 Å². The molecule has 38 heavy (non-hydrogen) atoms. The van der Waals surface area contributed by atoms with Gasteiger partial charge in [0.1, 0.15) is 5.75 Å². The average molecular weight is 539 g/mol. The van der Waals surface area contributed by atoms with Crippen LogP contribution < -0.4 is 10.5 Å². The zero-order valence-electron chi connectivity index (χ0n) is 21.0. The first-order valence-electron chi connectivity index (χ1n) is 12.4. The van der Waals surface area contributed by atoms with Crippen LogP contribution >= 0.6 is 11.6 Å². The third kappa shape index (κ3) is 5.52. The second-order valence-electron chi connectivity index (χ2n) is 9.22. The van der Waals surface area contributed by atoms with Gasteiger partial charge in [0, 0.05) is 18.3 Å². The van der Waals surface area contributed by atoms with Crippen LogP contribution in [0.25, 0.3) is 0 Å². The summed E-state index contributed by atoms with van der Waals surface area (Å²) in [5.74, 6) is 0.557. The Kier molecular flexibility index (Phi) is 8.34. The van der Waals surface area contributed by atoms with Crippen LogP contribution in [0, 0.1) is 0 Å². The Morgan fingerprint density at radius 1 is 0.737 bits per heavy atom. The Labute approximate surface area is 226 Å². The van der Waals surface area contributed by atoms with Gasteiger partial charge in [-0.1, -0.05) is 109 Å². The number of hydrogen-bond acceptors (Lipinski definition) is 3. The molecule has 0 amide bonds. The van der Waals surface area contributed by atoms with Gasteiger partial charge in [-0.05, 0) is 42.2 Å². The van der Waals surface area contributed by atoms with Crippen LogP contribution in [0.1, 0.15) is 30.0 Å². The second kappa shape index (κ2) is 11.5. The second-order valence-corrected chi connectivity index (χ2v) is 9.76. The monoisotopic (exact) mass is 538 g/mol. The van der Waals surface area contributed by atoms with Crippen molar-refractivity contribution in [3.05, 3.63) is 132 Å². The minimum atomic E-state index is -4.81. The number of halogens is 4. The first-order chi connectivity index (χ1) is 18.2. The highest BCUT2D eigenvalue weighted by Crippen LogP contribution is 2.53. The molecular weight excluding hydrogens is 509 g/mol. The molecule has 4 rings (SSSR count). The lowest BCUT2D eigenvalue weighted by Crippen LogP contribution is -2.60. The van der Waals surface area contributed by atoms with Crippen molar-refractivity contribution in [1.29, 1.82) is 0 Å². The van der Waals surface area contributed by atoms with E-state index in [9.17, 15) is 0 Å². The molecule has 3 nitrogen and oxygen atoms in total. The molecule has 2 N–H and O–H groups in total.